The zero-order chi connectivity index (χ0) is 15.8. The zero-order valence-electron chi connectivity index (χ0n) is 11.4. The molecule has 0 amide bonds. The molecule has 2 aromatic carbocycles. The van der Waals surface area contributed by atoms with Crippen LogP contribution in [0.4, 0.5) is 11.4 Å². The lowest BCUT2D eigenvalue weighted by Gasteiger charge is -2.14. The first-order chi connectivity index (χ1) is 9.70. The summed E-state index contributed by atoms with van der Waals surface area (Å²) in [7, 11) is -3.74. The van der Waals surface area contributed by atoms with Crippen molar-refractivity contribution in [2.75, 3.05) is 10.5 Å². The summed E-state index contributed by atoms with van der Waals surface area (Å²) in [5.41, 5.74) is 7.76. The molecule has 112 valence electrons. The molecule has 0 spiro atoms. The summed E-state index contributed by atoms with van der Waals surface area (Å²) in [4.78, 5) is 0.216. The first-order valence-corrected chi connectivity index (χ1v) is 8.71. The molecule has 21 heavy (non-hydrogen) atoms. The van der Waals surface area contributed by atoms with E-state index in [1.165, 1.54) is 0 Å². The minimum Gasteiger partial charge on any atom is -0.399 e. The van der Waals surface area contributed by atoms with Gasteiger partial charge in [-0.1, -0.05) is 27.5 Å². The van der Waals surface area contributed by atoms with Crippen molar-refractivity contribution in [3.63, 3.8) is 0 Å². The molecule has 0 unspecified atom stereocenters. The van der Waals surface area contributed by atoms with Gasteiger partial charge in [-0.25, -0.2) is 8.42 Å². The molecule has 0 aliphatic carbocycles. The number of hydrogen-bond donors (Lipinski definition) is 2. The molecular weight excluding hydrogens is 376 g/mol. The van der Waals surface area contributed by atoms with E-state index in [0.29, 0.717) is 27.5 Å². The van der Waals surface area contributed by atoms with Gasteiger partial charge in [-0.2, -0.15) is 0 Å². The Morgan fingerprint density at radius 2 is 1.71 bits per heavy atom. The standard InChI is InChI=1S/C14H14BrClN2O2S/c1-8-5-11(17)6-9(2)14(8)21(19,20)18-13-7-10(15)3-4-12(13)16/h3-7,18H,17H2,1-2H3. The van der Waals surface area contributed by atoms with Crippen LogP contribution in [0, 0.1) is 13.8 Å². The van der Waals surface area contributed by atoms with Gasteiger partial charge in [0.1, 0.15) is 0 Å². The van der Waals surface area contributed by atoms with Crippen LogP contribution in [-0.4, -0.2) is 8.42 Å². The lowest BCUT2D eigenvalue weighted by Crippen LogP contribution is -2.16. The number of aryl methyl sites for hydroxylation is 2. The van der Waals surface area contributed by atoms with Gasteiger partial charge < -0.3 is 5.73 Å². The second kappa shape index (κ2) is 5.87. The fourth-order valence-corrected chi connectivity index (χ4v) is 4.29. The molecule has 3 N–H and O–H groups in total. The van der Waals surface area contributed by atoms with E-state index in [1.54, 1.807) is 44.2 Å². The number of hydrogen-bond acceptors (Lipinski definition) is 3. The highest BCUT2D eigenvalue weighted by atomic mass is 79.9. The van der Waals surface area contributed by atoms with Gasteiger partial charge in [0.2, 0.25) is 0 Å². The minimum atomic E-state index is -3.74. The fraction of sp³-hybridized carbons (Fsp3) is 0.143. The van der Waals surface area contributed by atoms with Crippen LogP contribution in [-0.2, 0) is 10.0 Å². The molecule has 0 fully saturated rings. The summed E-state index contributed by atoms with van der Waals surface area (Å²) in [5.74, 6) is 0. The summed E-state index contributed by atoms with van der Waals surface area (Å²) in [5, 5.41) is 0.326. The molecule has 2 aromatic rings. The molecule has 0 saturated heterocycles. The third-order valence-corrected chi connectivity index (χ3v) is 5.42. The third kappa shape index (κ3) is 3.51. The molecule has 0 heterocycles. The highest BCUT2D eigenvalue weighted by Gasteiger charge is 2.21. The van der Waals surface area contributed by atoms with E-state index in [2.05, 4.69) is 20.7 Å². The number of nitrogens with two attached hydrogens (primary N) is 1. The molecule has 0 atom stereocenters. The van der Waals surface area contributed by atoms with Gasteiger partial charge in [-0.15, -0.1) is 0 Å². The van der Waals surface area contributed by atoms with Crippen LogP contribution in [0.1, 0.15) is 11.1 Å². The third-order valence-electron chi connectivity index (χ3n) is 2.92. The minimum absolute atomic E-state index is 0.216. The van der Waals surface area contributed by atoms with E-state index in [0.717, 1.165) is 4.47 Å². The molecule has 4 nitrogen and oxygen atoms in total. The number of benzene rings is 2. The Balaban J connectivity index is 2.51. The summed E-state index contributed by atoms with van der Waals surface area (Å²) in [6.45, 7) is 3.42. The Labute approximate surface area is 137 Å². The van der Waals surface area contributed by atoms with Crippen molar-refractivity contribution in [2.45, 2.75) is 18.7 Å². The van der Waals surface area contributed by atoms with Crippen LogP contribution >= 0.6 is 27.5 Å². The lowest BCUT2D eigenvalue weighted by atomic mass is 10.1. The first kappa shape index (κ1) is 16.1. The fourth-order valence-electron chi connectivity index (χ4n) is 2.18. The second-order valence-electron chi connectivity index (χ2n) is 4.71. The van der Waals surface area contributed by atoms with Crippen LogP contribution in [0.2, 0.25) is 5.02 Å². The van der Waals surface area contributed by atoms with Crippen molar-refractivity contribution in [1.82, 2.24) is 0 Å². The summed E-state index contributed by atoms with van der Waals surface area (Å²) in [6.07, 6.45) is 0. The van der Waals surface area contributed by atoms with E-state index in [4.69, 9.17) is 17.3 Å². The zero-order valence-corrected chi connectivity index (χ0v) is 14.6. The molecule has 0 radical (unpaired) electrons. The normalized spacial score (nSPS) is 11.4. The van der Waals surface area contributed by atoms with Crippen LogP contribution in [0.3, 0.4) is 0 Å². The van der Waals surface area contributed by atoms with Gasteiger partial charge in [-0.3, -0.25) is 4.72 Å². The van der Waals surface area contributed by atoms with E-state index >= 15 is 0 Å². The van der Waals surface area contributed by atoms with E-state index < -0.39 is 10.0 Å². The number of anilines is 2. The maximum atomic E-state index is 12.6. The lowest BCUT2D eigenvalue weighted by molar-refractivity contribution is 0.600. The van der Waals surface area contributed by atoms with Crippen LogP contribution in [0.25, 0.3) is 0 Å². The van der Waals surface area contributed by atoms with E-state index in [9.17, 15) is 8.42 Å². The van der Waals surface area contributed by atoms with Gasteiger partial charge >= 0.3 is 0 Å². The average molecular weight is 390 g/mol. The van der Waals surface area contributed by atoms with Crippen LogP contribution in [0.15, 0.2) is 39.7 Å². The van der Waals surface area contributed by atoms with Gasteiger partial charge in [0.05, 0.1) is 15.6 Å². The Bertz CT molecular complexity index is 784. The molecule has 0 saturated carbocycles. The van der Waals surface area contributed by atoms with Crippen molar-refractivity contribution in [1.29, 1.82) is 0 Å². The number of sulfonamides is 1. The van der Waals surface area contributed by atoms with E-state index in [1.807, 2.05) is 0 Å². The van der Waals surface area contributed by atoms with Crippen molar-refractivity contribution >= 4 is 48.9 Å². The SMILES string of the molecule is Cc1cc(N)cc(C)c1S(=O)(=O)Nc1cc(Br)ccc1Cl. The molecule has 0 aliphatic rings. The Hall–Kier alpha value is -1.24. The Morgan fingerprint density at radius 1 is 1.14 bits per heavy atom. The predicted molar refractivity (Wildman–Crippen MR) is 90.3 cm³/mol. The summed E-state index contributed by atoms with van der Waals surface area (Å²) in [6, 6.07) is 8.22. The topological polar surface area (TPSA) is 72.2 Å². The Morgan fingerprint density at radius 3 is 2.29 bits per heavy atom. The maximum absolute atomic E-state index is 12.6. The number of halogens is 2. The van der Waals surface area contributed by atoms with Crippen molar-refractivity contribution in [3.05, 3.63) is 51.0 Å². The Kier molecular flexibility index (Phi) is 4.51. The molecule has 2 rings (SSSR count). The monoisotopic (exact) mass is 388 g/mol. The van der Waals surface area contributed by atoms with Crippen LogP contribution in [0.5, 0.6) is 0 Å². The van der Waals surface area contributed by atoms with Gasteiger partial charge in [-0.05, 0) is 55.3 Å². The summed E-state index contributed by atoms with van der Waals surface area (Å²) < 4.78 is 28.4. The van der Waals surface area contributed by atoms with Crippen molar-refractivity contribution in [2.24, 2.45) is 0 Å². The van der Waals surface area contributed by atoms with Gasteiger partial charge in [0, 0.05) is 10.2 Å². The second-order valence-corrected chi connectivity index (χ2v) is 7.66. The number of nitrogen functional groups attached to an aromatic ring is 1. The van der Waals surface area contributed by atoms with E-state index in [-0.39, 0.29) is 4.90 Å². The molecule has 7 heteroatoms. The first-order valence-electron chi connectivity index (χ1n) is 6.05. The van der Waals surface area contributed by atoms with Crippen molar-refractivity contribution in [3.8, 4) is 0 Å². The molecule has 0 aromatic heterocycles. The number of rotatable bonds is 3. The highest BCUT2D eigenvalue weighted by molar-refractivity contribution is 9.10. The van der Waals surface area contributed by atoms with Gasteiger partial charge in [0.15, 0.2) is 0 Å². The molecule has 0 aliphatic heterocycles. The van der Waals surface area contributed by atoms with Crippen LogP contribution < -0.4 is 10.5 Å². The quantitative estimate of drug-likeness (QED) is 0.776. The van der Waals surface area contributed by atoms with Gasteiger partial charge in [0.25, 0.3) is 10.0 Å². The number of nitrogens with one attached hydrogen (secondary N) is 1. The van der Waals surface area contributed by atoms with Crippen molar-refractivity contribution < 1.29 is 8.42 Å². The summed E-state index contributed by atoms with van der Waals surface area (Å²) >= 11 is 9.32. The average Bonchev–Trinajstić information content (AvgIpc) is 2.31. The largest absolute Gasteiger partial charge is 0.399 e. The predicted octanol–water partition coefficient (Wildman–Crippen LogP) is 4.10. The maximum Gasteiger partial charge on any atom is 0.262 e. The molecular formula is C14H14BrClN2O2S. The smallest absolute Gasteiger partial charge is 0.262 e. The molecule has 0 bridgehead atoms. The highest BCUT2D eigenvalue weighted by Crippen LogP contribution is 2.30.